The van der Waals surface area contributed by atoms with E-state index in [0.29, 0.717) is 5.56 Å². The molecule has 1 aliphatic rings. The van der Waals surface area contributed by atoms with E-state index in [1.807, 2.05) is 30.3 Å². The van der Waals surface area contributed by atoms with Gasteiger partial charge in [0.05, 0.1) is 15.4 Å². The summed E-state index contributed by atoms with van der Waals surface area (Å²) in [6, 6.07) is 15.0. The summed E-state index contributed by atoms with van der Waals surface area (Å²) in [4.78, 5) is 46.8. The summed E-state index contributed by atoms with van der Waals surface area (Å²) in [6.45, 7) is 0.193. The standard InChI is InChI=1S/C21H13N3O6/c25-20-16-8-13(23(27)28)6-7-15(16)19-17(20)9-14(24(29)30)10-18(19)21(26)22-11-12-4-2-1-3-5-12/h1-10H,11H2,(H,22,26). The second-order valence-electron chi connectivity index (χ2n) is 6.66. The van der Waals surface area contributed by atoms with Gasteiger partial charge in [-0.15, -0.1) is 0 Å². The van der Waals surface area contributed by atoms with E-state index in [9.17, 15) is 29.8 Å². The Morgan fingerprint density at radius 1 is 0.833 bits per heavy atom. The Balaban J connectivity index is 1.81. The fraction of sp³-hybridized carbons (Fsp3) is 0.0476. The van der Waals surface area contributed by atoms with Crippen LogP contribution in [0.2, 0.25) is 0 Å². The largest absolute Gasteiger partial charge is 0.348 e. The number of carbonyl (C=O) groups excluding carboxylic acids is 2. The minimum atomic E-state index is -0.688. The molecule has 1 N–H and O–H groups in total. The number of carbonyl (C=O) groups is 2. The van der Waals surface area contributed by atoms with Crippen LogP contribution in [0.4, 0.5) is 11.4 Å². The number of nitrogens with one attached hydrogen (secondary N) is 1. The maximum Gasteiger partial charge on any atom is 0.271 e. The lowest BCUT2D eigenvalue weighted by molar-refractivity contribution is -0.385. The zero-order valence-corrected chi connectivity index (χ0v) is 15.3. The van der Waals surface area contributed by atoms with Crippen LogP contribution in [0.25, 0.3) is 11.1 Å². The van der Waals surface area contributed by atoms with Crippen LogP contribution in [0.5, 0.6) is 0 Å². The molecule has 9 nitrogen and oxygen atoms in total. The molecule has 0 saturated carbocycles. The van der Waals surface area contributed by atoms with Crippen LogP contribution in [0.15, 0.2) is 60.7 Å². The molecule has 148 valence electrons. The van der Waals surface area contributed by atoms with Crippen molar-refractivity contribution in [3.63, 3.8) is 0 Å². The molecular weight excluding hydrogens is 390 g/mol. The number of non-ortho nitro benzene ring substituents is 2. The van der Waals surface area contributed by atoms with E-state index >= 15 is 0 Å². The molecule has 0 heterocycles. The summed E-state index contributed by atoms with van der Waals surface area (Å²) in [7, 11) is 0. The molecule has 0 bridgehead atoms. The monoisotopic (exact) mass is 403 g/mol. The zero-order valence-electron chi connectivity index (χ0n) is 15.3. The van der Waals surface area contributed by atoms with E-state index < -0.39 is 27.2 Å². The predicted octanol–water partition coefficient (Wildman–Crippen LogP) is 3.64. The van der Waals surface area contributed by atoms with Crippen LogP contribution in [0.3, 0.4) is 0 Å². The number of hydrogen-bond donors (Lipinski definition) is 1. The number of fused-ring (bicyclic) bond motifs is 3. The van der Waals surface area contributed by atoms with Crippen molar-refractivity contribution in [2.24, 2.45) is 0 Å². The van der Waals surface area contributed by atoms with Crippen LogP contribution < -0.4 is 5.32 Å². The maximum atomic E-state index is 12.9. The Labute approximate surface area is 169 Å². The topological polar surface area (TPSA) is 132 Å². The average molecular weight is 403 g/mol. The van der Waals surface area contributed by atoms with Crippen molar-refractivity contribution < 1.29 is 19.4 Å². The lowest BCUT2D eigenvalue weighted by Gasteiger charge is -2.10. The Morgan fingerprint density at radius 3 is 2.17 bits per heavy atom. The quantitative estimate of drug-likeness (QED) is 0.399. The van der Waals surface area contributed by atoms with Crippen molar-refractivity contribution in [3.05, 3.63) is 103 Å². The molecule has 0 aromatic heterocycles. The Kier molecular flexibility index (Phi) is 4.55. The third-order valence-electron chi connectivity index (χ3n) is 4.85. The van der Waals surface area contributed by atoms with E-state index in [-0.39, 0.29) is 34.5 Å². The second kappa shape index (κ2) is 7.21. The summed E-state index contributed by atoms with van der Waals surface area (Å²) in [6.07, 6.45) is 0. The van der Waals surface area contributed by atoms with Gasteiger partial charge in [-0.05, 0) is 17.2 Å². The average Bonchev–Trinajstić information content (AvgIpc) is 3.03. The number of hydrogen-bond acceptors (Lipinski definition) is 6. The summed E-state index contributed by atoms with van der Waals surface area (Å²) < 4.78 is 0. The van der Waals surface area contributed by atoms with E-state index in [4.69, 9.17) is 0 Å². The number of rotatable bonds is 5. The highest BCUT2D eigenvalue weighted by atomic mass is 16.6. The zero-order chi connectivity index (χ0) is 21.4. The van der Waals surface area contributed by atoms with Gasteiger partial charge in [0.15, 0.2) is 5.78 Å². The molecular formula is C21H13N3O6. The smallest absolute Gasteiger partial charge is 0.271 e. The van der Waals surface area contributed by atoms with Gasteiger partial charge in [0.1, 0.15) is 0 Å². The minimum absolute atomic E-state index is 0.0236. The van der Waals surface area contributed by atoms with E-state index in [2.05, 4.69) is 5.32 Å². The molecule has 0 fully saturated rings. The number of ketones is 1. The predicted molar refractivity (Wildman–Crippen MR) is 106 cm³/mol. The van der Waals surface area contributed by atoms with Crippen molar-refractivity contribution in [2.75, 3.05) is 0 Å². The molecule has 0 spiro atoms. The van der Waals surface area contributed by atoms with Gasteiger partial charge in [-0.25, -0.2) is 0 Å². The Bertz CT molecular complexity index is 1240. The van der Waals surface area contributed by atoms with Crippen molar-refractivity contribution in [3.8, 4) is 11.1 Å². The molecule has 0 atom stereocenters. The van der Waals surface area contributed by atoms with Crippen LogP contribution in [0, 0.1) is 20.2 Å². The molecule has 0 radical (unpaired) electrons. The highest BCUT2D eigenvalue weighted by Gasteiger charge is 2.34. The molecule has 30 heavy (non-hydrogen) atoms. The summed E-state index contributed by atoms with van der Waals surface area (Å²) in [5, 5.41) is 25.1. The fourth-order valence-electron chi connectivity index (χ4n) is 3.45. The summed E-state index contributed by atoms with van der Waals surface area (Å²) >= 11 is 0. The van der Waals surface area contributed by atoms with Crippen molar-refractivity contribution in [1.82, 2.24) is 5.32 Å². The molecule has 9 heteroatoms. The molecule has 0 aliphatic heterocycles. The summed E-state index contributed by atoms with van der Waals surface area (Å²) in [5.74, 6) is -1.18. The van der Waals surface area contributed by atoms with Gasteiger partial charge < -0.3 is 5.32 Å². The highest BCUT2D eigenvalue weighted by Crippen LogP contribution is 2.42. The molecule has 3 aromatic carbocycles. The lowest BCUT2D eigenvalue weighted by Crippen LogP contribution is -2.23. The lowest BCUT2D eigenvalue weighted by atomic mass is 9.97. The SMILES string of the molecule is O=C(NCc1ccccc1)c1cc([N+](=O)[O-])cc2c1-c1ccc([N+](=O)[O-])cc1C2=O. The van der Waals surface area contributed by atoms with Gasteiger partial charge >= 0.3 is 0 Å². The van der Waals surface area contributed by atoms with Crippen LogP contribution >= 0.6 is 0 Å². The third kappa shape index (κ3) is 3.18. The van der Waals surface area contributed by atoms with Gasteiger partial charge in [-0.1, -0.05) is 30.3 Å². The molecule has 4 rings (SSSR count). The highest BCUT2D eigenvalue weighted by molar-refractivity contribution is 6.25. The molecule has 0 unspecified atom stereocenters. The van der Waals surface area contributed by atoms with Crippen LogP contribution in [-0.4, -0.2) is 21.5 Å². The first kappa shape index (κ1) is 18.9. The molecule has 3 aromatic rings. The normalized spacial score (nSPS) is 11.5. The molecule has 0 saturated heterocycles. The number of benzene rings is 3. The Hall–Kier alpha value is -4.40. The number of nitro benzene ring substituents is 2. The third-order valence-corrected chi connectivity index (χ3v) is 4.85. The van der Waals surface area contributed by atoms with Crippen LogP contribution in [0.1, 0.15) is 31.8 Å². The van der Waals surface area contributed by atoms with E-state index in [1.165, 1.54) is 12.1 Å². The van der Waals surface area contributed by atoms with Gasteiger partial charge in [-0.3, -0.25) is 29.8 Å². The van der Waals surface area contributed by atoms with Gasteiger partial charge in [0.2, 0.25) is 0 Å². The Morgan fingerprint density at radius 2 is 1.50 bits per heavy atom. The second-order valence-corrected chi connectivity index (χ2v) is 6.66. The molecule has 1 aliphatic carbocycles. The number of amides is 1. The van der Waals surface area contributed by atoms with Crippen molar-refractivity contribution in [2.45, 2.75) is 6.54 Å². The van der Waals surface area contributed by atoms with E-state index in [0.717, 1.165) is 23.8 Å². The maximum absolute atomic E-state index is 12.9. The fourth-order valence-corrected chi connectivity index (χ4v) is 3.45. The van der Waals surface area contributed by atoms with Gasteiger partial charge in [0, 0.05) is 47.5 Å². The van der Waals surface area contributed by atoms with Crippen molar-refractivity contribution >= 4 is 23.1 Å². The number of nitro groups is 2. The first-order valence-corrected chi connectivity index (χ1v) is 8.85. The minimum Gasteiger partial charge on any atom is -0.348 e. The first-order chi connectivity index (χ1) is 14.4. The first-order valence-electron chi connectivity index (χ1n) is 8.85. The van der Waals surface area contributed by atoms with Crippen molar-refractivity contribution in [1.29, 1.82) is 0 Å². The van der Waals surface area contributed by atoms with Gasteiger partial charge in [0.25, 0.3) is 17.3 Å². The molecule has 1 amide bonds. The van der Waals surface area contributed by atoms with E-state index in [1.54, 1.807) is 0 Å². The number of nitrogens with zero attached hydrogens (tertiary/aromatic N) is 2. The summed E-state index contributed by atoms with van der Waals surface area (Å²) in [5.41, 5.74) is 0.702. The van der Waals surface area contributed by atoms with Gasteiger partial charge in [-0.2, -0.15) is 0 Å². The van der Waals surface area contributed by atoms with Crippen LogP contribution in [-0.2, 0) is 6.54 Å².